The van der Waals surface area contributed by atoms with Gasteiger partial charge in [0.25, 0.3) is 5.91 Å². The van der Waals surface area contributed by atoms with Crippen molar-refractivity contribution in [2.45, 2.75) is 29.4 Å². The highest BCUT2D eigenvalue weighted by atomic mass is 32.2. The Morgan fingerprint density at radius 2 is 1.97 bits per heavy atom. The van der Waals surface area contributed by atoms with Gasteiger partial charge in [0.15, 0.2) is 20.7 Å². The highest BCUT2D eigenvalue weighted by molar-refractivity contribution is 7.92. The predicted octanol–water partition coefficient (Wildman–Crippen LogP) is 2.06. The van der Waals surface area contributed by atoms with Crippen LogP contribution in [0.25, 0.3) is 10.3 Å². The molecule has 196 valence electrons. The fraction of sp³-hybridized carbons (Fsp3) is 0.417. The number of anilines is 1. The van der Waals surface area contributed by atoms with Crippen molar-refractivity contribution in [2.24, 2.45) is 5.10 Å². The molecule has 1 amide bonds. The molecule has 37 heavy (non-hydrogen) atoms. The van der Waals surface area contributed by atoms with Crippen molar-refractivity contribution in [1.82, 2.24) is 15.0 Å². The Labute approximate surface area is 218 Å². The summed E-state index contributed by atoms with van der Waals surface area (Å²) in [5.74, 6) is -0.0962. The highest BCUT2D eigenvalue weighted by Crippen LogP contribution is 2.27. The van der Waals surface area contributed by atoms with E-state index in [0.29, 0.717) is 39.9 Å². The summed E-state index contributed by atoms with van der Waals surface area (Å²) in [4.78, 5) is 22.9. The Balaban J connectivity index is 1.39. The number of pyridine rings is 1. The number of rotatable bonds is 9. The molecule has 2 N–H and O–H groups in total. The number of thiazole rings is 1. The van der Waals surface area contributed by atoms with Gasteiger partial charge in [0, 0.05) is 31.3 Å². The molecule has 2 saturated heterocycles. The molecule has 0 aliphatic carbocycles. The van der Waals surface area contributed by atoms with Gasteiger partial charge in [-0.15, -0.1) is 0 Å². The number of nitrogens with zero attached hydrogens (tertiary/aromatic N) is 4. The van der Waals surface area contributed by atoms with Crippen molar-refractivity contribution in [2.75, 3.05) is 44.8 Å². The van der Waals surface area contributed by atoms with E-state index in [1.807, 2.05) is 5.01 Å². The van der Waals surface area contributed by atoms with Gasteiger partial charge in [-0.3, -0.25) is 15.1 Å². The second-order valence-electron chi connectivity index (χ2n) is 8.68. The molecule has 13 heteroatoms. The van der Waals surface area contributed by atoms with Crippen LogP contribution in [0.4, 0.5) is 5.13 Å². The first-order valence-electron chi connectivity index (χ1n) is 12.0. The van der Waals surface area contributed by atoms with E-state index in [4.69, 9.17) is 14.6 Å². The molecule has 0 saturated carbocycles. The fourth-order valence-electron chi connectivity index (χ4n) is 4.17. The number of amides is 1. The molecule has 0 radical (unpaired) electrons. The molecule has 0 unspecified atom stereocenters. The van der Waals surface area contributed by atoms with E-state index >= 15 is 0 Å². The average molecular weight is 546 g/mol. The summed E-state index contributed by atoms with van der Waals surface area (Å²) in [5, 5.41) is 18.0. The number of aliphatic hydroxyl groups excluding tert-OH is 1. The van der Waals surface area contributed by atoms with E-state index in [1.165, 1.54) is 23.5 Å². The third-order valence-corrected chi connectivity index (χ3v) is 9.17. The Morgan fingerprint density at radius 1 is 1.19 bits per heavy atom. The molecule has 2 aliphatic heterocycles. The second kappa shape index (κ2) is 11.1. The van der Waals surface area contributed by atoms with Gasteiger partial charge in [0.1, 0.15) is 17.0 Å². The van der Waals surface area contributed by atoms with Crippen LogP contribution in [0.3, 0.4) is 0 Å². The number of carbonyl (C=O) groups excluding carboxylic acids is 1. The SMILES string of the molecule is O=C(Nc1nc2ccc(OCCO)nc2s1)C(=NN1CCCC1)c1ccc(S(=O)(=O)[C@H]2CCOC2)cc1. The maximum Gasteiger partial charge on any atom is 0.278 e. The van der Waals surface area contributed by atoms with E-state index in [0.717, 1.165) is 25.9 Å². The van der Waals surface area contributed by atoms with Crippen LogP contribution >= 0.6 is 11.3 Å². The van der Waals surface area contributed by atoms with E-state index < -0.39 is 21.0 Å². The molecular weight excluding hydrogens is 518 g/mol. The molecule has 1 atom stereocenters. The summed E-state index contributed by atoms with van der Waals surface area (Å²) in [5.41, 5.74) is 1.28. The zero-order valence-electron chi connectivity index (χ0n) is 20.0. The Bertz CT molecular complexity index is 1390. The van der Waals surface area contributed by atoms with Crippen LogP contribution in [-0.2, 0) is 19.4 Å². The number of sulfone groups is 1. The summed E-state index contributed by atoms with van der Waals surface area (Å²) in [7, 11) is -3.51. The van der Waals surface area contributed by atoms with E-state index in [2.05, 4.69) is 20.4 Å². The zero-order chi connectivity index (χ0) is 25.8. The molecule has 2 aliphatic rings. The van der Waals surface area contributed by atoms with Crippen molar-refractivity contribution in [1.29, 1.82) is 0 Å². The van der Waals surface area contributed by atoms with Gasteiger partial charge in [-0.2, -0.15) is 5.10 Å². The Morgan fingerprint density at radius 3 is 2.68 bits per heavy atom. The number of nitrogens with one attached hydrogen (secondary N) is 1. The minimum absolute atomic E-state index is 0.120. The molecule has 0 bridgehead atoms. The Kier molecular flexibility index (Phi) is 7.65. The first-order chi connectivity index (χ1) is 17.9. The van der Waals surface area contributed by atoms with Gasteiger partial charge in [0.2, 0.25) is 5.88 Å². The van der Waals surface area contributed by atoms with Crippen LogP contribution in [0.1, 0.15) is 24.8 Å². The summed E-state index contributed by atoms with van der Waals surface area (Å²) >= 11 is 1.19. The van der Waals surface area contributed by atoms with Gasteiger partial charge >= 0.3 is 0 Å². The molecule has 1 aromatic carbocycles. The third kappa shape index (κ3) is 5.74. The summed E-state index contributed by atoms with van der Waals surface area (Å²) in [6.07, 6.45) is 2.45. The van der Waals surface area contributed by atoms with Crippen LogP contribution in [0, 0.1) is 0 Å². The minimum atomic E-state index is -3.51. The molecule has 2 aromatic heterocycles. The Hall–Kier alpha value is -3.13. The maximum atomic E-state index is 13.4. The predicted molar refractivity (Wildman–Crippen MR) is 139 cm³/mol. The lowest BCUT2D eigenvalue weighted by molar-refractivity contribution is -0.110. The number of aliphatic hydroxyl groups is 1. The van der Waals surface area contributed by atoms with Gasteiger partial charge in [-0.1, -0.05) is 23.5 Å². The molecule has 3 aromatic rings. The van der Waals surface area contributed by atoms with Gasteiger partial charge in [-0.05, 0) is 37.5 Å². The van der Waals surface area contributed by atoms with Crippen molar-refractivity contribution < 1.29 is 27.8 Å². The van der Waals surface area contributed by atoms with Crippen LogP contribution < -0.4 is 10.1 Å². The molecule has 5 rings (SSSR count). The number of carbonyl (C=O) groups is 1. The first-order valence-corrected chi connectivity index (χ1v) is 14.4. The maximum absolute atomic E-state index is 13.4. The van der Waals surface area contributed by atoms with E-state index in [-0.39, 0.29) is 30.4 Å². The lowest BCUT2D eigenvalue weighted by Gasteiger charge is -2.15. The lowest BCUT2D eigenvalue weighted by Crippen LogP contribution is -2.27. The number of fused-ring (bicyclic) bond motifs is 1. The summed E-state index contributed by atoms with van der Waals surface area (Å²) in [6, 6.07) is 9.64. The smallest absolute Gasteiger partial charge is 0.278 e. The third-order valence-electron chi connectivity index (χ3n) is 6.11. The van der Waals surface area contributed by atoms with Crippen molar-refractivity contribution in [3.8, 4) is 5.88 Å². The molecule has 2 fully saturated rings. The van der Waals surface area contributed by atoms with Gasteiger partial charge in [0.05, 0.1) is 23.4 Å². The minimum Gasteiger partial charge on any atom is -0.475 e. The monoisotopic (exact) mass is 545 g/mol. The van der Waals surface area contributed by atoms with Crippen LogP contribution in [-0.4, -0.2) is 84.9 Å². The largest absolute Gasteiger partial charge is 0.475 e. The zero-order valence-corrected chi connectivity index (χ0v) is 21.6. The first kappa shape index (κ1) is 25.5. The highest BCUT2D eigenvalue weighted by Gasteiger charge is 2.31. The average Bonchev–Trinajstić information content (AvgIpc) is 3.68. The standard InChI is InChI=1S/C24H27N5O6S2/c30-12-14-35-20-8-7-19-23(26-20)36-24(25-19)27-22(31)21(28-29-10-1-2-11-29)16-3-5-17(6-4-16)37(32,33)18-9-13-34-15-18/h3-8,18,30H,1-2,9-15H2,(H,25,27,31)/t18-/m0/s1. The van der Waals surface area contributed by atoms with E-state index in [1.54, 1.807) is 24.3 Å². The molecule has 4 heterocycles. The number of aromatic nitrogens is 2. The lowest BCUT2D eigenvalue weighted by atomic mass is 10.1. The topological polar surface area (TPSA) is 143 Å². The fourth-order valence-corrected chi connectivity index (χ4v) is 6.58. The van der Waals surface area contributed by atoms with Crippen LogP contribution in [0.5, 0.6) is 5.88 Å². The van der Waals surface area contributed by atoms with Crippen LogP contribution in [0.2, 0.25) is 0 Å². The van der Waals surface area contributed by atoms with E-state index in [9.17, 15) is 13.2 Å². The summed E-state index contributed by atoms with van der Waals surface area (Å²) in [6.45, 7) is 2.13. The number of benzene rings is 1. The molecular formula is C24H27N5O6S2. The number of ether oxygens (including phenoxy) is 2. The molecule has 11 nitrogen and oxygen atoms in total. The summed E-state index contributed by atoms with van der Waals surface area (Å²) < 4.78 is 36.4. The quantitative estimate of drug-likeness (QED) is 0.386. The van der Waals surface area contributed by atoms with Crippen molar-refractivity contribution >= 4 is 48.3 Å². The number of hydrogen-bond donors (Lipinski definition) is 2. The second-order valence-corrected chi connectivity index (χ2v) is 11.9. The van der Waals surface area contributed by atoms with Crippen molar-refractivity contribution in [3.05, 3.63) is 42.0 Å². The number of hydrazone groups is 1. The van der Waals surface area contributed by atoms with Crippen LogP contribution in [0.15, 0.2) is 46.4 Å². The van der Waals surface area contributed by atoms with Crippen molar-refractivity contribution in [3.63, 3.8) is 0 Å². The van der Waals surface area contributed by atoms with Gasteiger partial charge in [-0.25, -0.2) is 18.4 Å². The molecule has 0 spiro atoms. The normalized spacial score (nSPS) is 18.5. The van der Waals surface area contributed by atoms with Gasteiger partial charge < -0.3 is 14.6 Å². The number of hydrogen-bond acceptors (Lipinski definition) is 11.